The van der Waals surface area contributed by atoms with Gasteiger partial charge in [-0.2, -0.15) is 0 Å². The van der Waals surface area contributed by atoms with E-state index in [1.54, 1.807) is 31.2 Å². The molecule has 29 heavy (non-hydrogen) atoms. The highest BCUT2D eigenvalue weighted by Crippen LogP contribution is 2.42. The van der Waals surface area contributed by atoms with Gasteiger partial charge in [0.1, 0.15) is 22.2 Å². The third-order valence-corrected chi connectivity index (χ3v) is 4.97. The number of phenols is 1. The van der Waals surface area contributed by atoms with Gasteiger partial charge < -0.3 is 19.7 Å². The van der Waals surface area contributed by atoms with Crippen molar-refractivity contribution in [2.45, 2.75) is 6.92 Å². The van der Waals surface area contributed by atoms with Gasteiger partial charge in [0.05, 0.1) is 24.3 Å². The van der Waals surface area contributed by atoms with Crippen molar-refractivity contribution in [3.05, 3.63) is 70.1 Å². The first kappa shape index (κ1) is 20.5. The number of carbonyl (C=O) groups is 1. The lowest BCUT2D eigenvalue weighted by Gasteiger charge is -2.06. The molecule has 2 N–H and O–H groups in total. The Morgan fingerprint density at radius 3 is 2.69 bits per heavy atom. The number of rotatable bonds is 5. The van der Waals surface area contributed by atoms with Gasteiger partial charge in [-0.15, -0.1) is 0 Å². The summed E-state index contributed by atoms with van der Waals surface area (Å²) in [5.74, 6) is -1.39. The molecule has 6 nitrogen and oxygen atoms in total. The molecule has 0 fully saturated rings. The number of nitrogens with zero attached hydrogens (tertiary/aromatic N) is 1. The largest absolute Gasteiger partial charge is 0.506 e. The number of para-hydroxylation sites is 1. The van der Waals surface area contributed by atoms with Gasteiger partial charge in [-0.25, -0.2) is 14.2 Å². The van der Waals surface area contributed by atoms with Crippen molar-refractivity contribution < 1.29 is 28.9 Å². The second kappa shape index (κ2) is 8.83. The van der Waals surface area contributed by atoms with Crippen LogP contribution in [0.25, 0.3) is 6.08 Å². The molecule has 0 unspecified atom stereocenters. The van der Waals surface area contributed by atoms with Gasteiger partial charge in [0.15, 0.2) is 11.5 Å². The average Bonchev–Trinajstić information content (AvgIpc) is 2.98. The van der Waals surface area contributed by atoms with E-state index < -0.39 is 11.8 Å². The normalized spacial score (nSPS) is 16.5. The predicted octanol–water partition coefficient (Wildman–Crippen LogP) is 4.73. The molecule has 0 amide bonds. The first-order chi connectivity index (χ1) is 13.9. The predicted molar refractivity (Wildman–Crippen MR) is 110 cm³/mol. The van der Waals surface area contributed by atoms with Crippen molar-refractivity contribution in [3.63, 3.8) is 0 Å². The van der Waals surface area contributed by atoms with E-state index in [1.165, 1.54) is 31.4 Å². The molecule has 2 aromatic carbocycles. The van der Waals surface area contributed by atoms with Gasteiger partial charge in [-0.05, 0) is 37.3 Å². The molecule has 1 aliphatic rings. The van der Waals surface area contributed by atoms with Crippen LogP contribution in [0.1, 0.15) is 12.5 Å². The molecule has 0 aromatic heterocycles. The van der Waals surface area contributed by atoms with Crippen molar-refractivity contribution in [1.29, 1.82) is 0 Å². The fourth-order valence-corrected chi connectivity index (χ4v) is 3.64. The van der Waals surface area contributed by atoms with Gasteiger partial charge >= 0.3 is 5.97 Å². The van der Waals surface area contributed by atoms with Gasteiger partial charge in [0, 0.05) is 5.56 Å². The van der Waals surface area contributed by atoms with E-state index in [0.717, 1.165) is 11.8 Å². The fourth-order valence-electron chi connectivity index (χ4n) is 2.62. The average molecular weight is 415 g/mol. The van der Waals surface area contributed by atoms with Crippen molar-refractivity contribution in [3.8, 4) is 11.5 Å². The fraction of sp³-hybridized carbons (Fsp3) is 0.143. The smallest absolute Gasteiger partial charge is 0.344 e. The number of aliphatic hydroxyl groups excluding tert-OH is 1. The Bertz CT molecular complexity index is 1050. The second-order valence-corrected chi connectivity index (χ2v) is 6.88. The first-order valence-electron chi connectivity index (χ1n) is 8.65. The topological polar surface area (TPSA) is 88.4 Å². The molecule has 0 atom stereocenters. The molecule has 0 radical (unpaired) electrons. The summed E-state index contributed by atoms with van der Waals surface area (Å²) < 4.78 is 23.6. The van der Waals surface area contributed by atoms with Crippen LogP contribution in [0, 0.1) is 5.82 Å². The molecule has 0 saturated carbocycles. The third kappa shape index (κ3) is 4.43. The van der Waals surface area contributed by atoms with Crippen LogP contribution < -0.4 is 4.74 Å². The lowest BCUT2D eigenvalue weighted by molar-refractivity contribution is -0.138. The van der Waals surface area contributed by atoms with Gasteiger partial charge in [-0.3, -0.25) is 0 Å². The zero-order valence-corrected chi connectivity index (χ0v) is 16.5. The summed E-state index contributed by atoms with van der Waals surface area (Å²) >= 11 is 1.01. The number of thioether (sulfide) groups is 1. The third-order valence-electron chi connectivity index (χ3n) is 3.95. The number of halogens is 1. The van der Waals surface area contributed by atoms with Crippen LogP contribution in [-0.2, 0) is 9.53 Å². The van der Waals surface area contributed by atoms with Crippen molar-refractivity contribution in [1.82, 2.24) is 0 Å². The zero-order valence-electron chi connectivity index (χ0n) is 15.7. The summed E-state index contributed by atoms with van der Waals surface area (Å²) in [6.45, 7) is 1.76. The number of aliphatic hydroxyl groups is 1. The molecule has 0 saturated heterocycles. The summed E-state index contributed by atoms with van der Waals surface area (Å²) in [6, 6.07) is 10.5. The standard InChI is InChI=1S/C21H18FNO5S/c1-3-28-21(26)17-19(25)16(10-12-6-4-9-15(27-2)18(12)24)29-20(17)23-14-8-5-7-13(22)11-14/h4-11,24-25H,3H2,1-2H3/b16-10+,23-20?. The minimum atomic E-state index is -0.745. The molecule has 3 rings (SSSR count). The van der Waals surface area contributed by atoms with E-state index in [2.05, 4.69) is 4.99 Å². The highest BCUT2D eigenvalue weighted by Gasteiger charge is 2.33. The first-order valence-corrected chi connectivity index (χ1v) is 9.47. The summed E-state index contributed by atoms with van der Waals surface area (Å²) in [7, 11) is 1.43. The van der Waals surface area contributed by atoms with E-state index in [9.17, 15) is 19.4 Å². The quantitative estimate of drug-likeness (QED) is 0.686. The molecule has 150 valence electrons. The van der Waals surface area contributed by atoms with E-state index >= 15 is 0 Å². The van der Waals surface area contributed by atoms with Crippen LogP contribution in [0.15, 0.2) is 63.7 Å². The minimum Gasteiger partial charge on any atom is -0.506 e. The van der Waals surface area contributed by atoms with Crippen molar-refractivity contribution in [2.75, 3.05) is 13.7 Å². The van der Waals surface area contributed by atoms with Crippen LogP contribution in [-0.4, -0.2) is 34.9 Å². The molecule has 8 heteroatoms. The molecule has 1 aliphatic heterocycles. The molecule has 0 spiro atoms. The summed E-state index contributed by atoms with van der Waals surface area (Å²) in [6.07, 6.45) is 1.51. The SMILES string of the molecule is CCOC(=O)C1=C(O)/C(=C\c2cccc(OC)c2O)SC1=Nc1cccc(F)c1. The molecular weight excluding hydrogens is 397 g/mol. The van der Waals surface area contributed by atoms with Crippen LogP contribution in [0.5, 0.6) is 11.5 Å². The summed E-state index contributed by atoms with van der Waals surface area (Å²) in [5.41, 5.74) is 0.552. The number of aliphatic imine (C=N–C) groups is 1. The lowest BCUT2D eigenvalue weighted by Crippen LogP contribution is -2.12. The number of benzene rings is 2. The Morgan fingerprint density at radius 2 is 2.00 bits per heavy atom. The van der Waals surface area contributed by atoms with E-state index in [4.69, 9.17) is 9.47 Å². The molecule has 2 aromatic rings. The number of methoxy groups -OCH3 is 1. The lowest BCUT2D eigenvalue weighted by atomic mass is 10.1. The summed E-state index contributed by atoms with van der Waals surface area (Å²) in [4.78, 5) is 17.0. The van der Waals surface area contributed by atoms with Crippen LogP contribution in [0.4, 0.5) is 10.1 Å². The van der Waals surface area contributed by atoms with E-state index in [1.807, 2.05) is 0 Å². The number of esters is 1. The molecule has 0 aliphatic carbocycles. The number of ether oxygens (including phenoxy) is 2. The van der Waals surface area contributed by atoms with E-state index in [0.29, 0.717) is 5.56 Å². The number of phenolic OH excluding ortho intramolecular Hbond substituents is 1. The maximum absolute atomic E-state index is 13.5. The van der Waals surface area contributed by atoms with Crippen molar-refractivity contribution in [2.24, 2.45) is 4.99 Å². The van der Waals surface area contributed by atoms with Gasteiger partial charge in [0.2, 0.25) is 0 Å². The van der Waals surface area contributed by atoms with Crippen molar-refractivity contribution >= 4 is 34.5 Å². The molecule has 0 bridgehead atoms. The number of carbonyl (C=O) groups excluding carboxylic acids is 1. The minimum absolute atomic E-state index is 0.107. The number of hydrogen-bond acceptors (Lipinski definition) is 7. The Balaban J connectivity index is 2.08. The number of aromatic hydroxyl groups is 1. The Hall–Kier alpha value is -3.26. The van der Waals surface area contributed by atoms with E-state index in [-0.39, 0.29) is 45.1 Å². The highest BCUT2D eigenvalue weighted by molar-refractivity contribution is 8.18. The highest BCUT2D eigenvalue weighted by atomic mass is 32.2. The van der Waals surface area contributed by atoms with Crippen LogP contribution in [0.3, 0.4) is 0 Å². The molecule has 1 heterocycles. The maximum Gasteiger partial charge on any atom is 0.344 e. The Kier molecular flexibility index (Phi) is 6.23. The molecular formula is C21H18FNO5S. The van der Waals surface area contributed by atoms with Crippen LogP contribution >= 0.6 is 11.8 Å². The number of hydrogen-bond donors (Lipinski definition) is 2. The van der Waals surface area contributed by atoms with Gasteiger partial charge in [0.25, 0.3) is 0 Å². The van der Waals surface area contributed by atoms with Crippen LogP contribution in [0.2, 0.25) is 0 Å². The monoisotopic (exact) mass is 415 g/mol. The summed E-state index contributed by atoms with van der Waals surface area (Å²) in [5, 5.41) is 21.1. The zero-order chi connectivity index (χ0) is 21.0. The maximum atomic E-state index is 13.5. The Labute approximate surface area is 171 Å². The van der Waals surface area contributed by atoms with Gasteiger partial charge in [-0.1, -0.05) is 30.0 Å². The second-order valence-electron chi connectivity index (χ2n) is 5.85. The Morgan fingerprint density at radius 1 is 1.24 bits per heavy atom.